The Labute approximate surface area is 362 Å². The number of hydrogen-bond acceptors (Lipinski definition) is 12. The van der Waals surface area contributed by atoms with E-state index in [0.717, 1.165) is 47.8 Å². The van der Waals surface area contributed by atoms with E-state index in [1.165, 1.54) is 17.4 Å². The lowest BCUT2D eigenvalue weighted by molar-refractivity contribution is -0.154. The Morgan fingerprint density at radius 1 is 0.726 bits per heavy atom. The molecular formula is C46H58N6O10. The van der Waals surface area contributed by atoms with Crippen LogP contribution in [-0.4, -0.2) is 82.3 Å². The van der Waals surface area contributed by atoms with Gasteiger partial charge >= 0.3 is 24.3 Å². The fraction of sp³-hybridized carbons (Fsp3) is 0.413. The van der Waals surface area contributed by atoms with E-state index in [0.29, 0.717) is 24.8 Å². The van der Waals surface area contributed by atoms with Crippen LogP contribution in [0.15, 0.2) is 104 Å². The molecule has 62 heavy (non-hydrogen) atoms. The van der Waals surface area contributed by atoms with Crippen molar-refractivity contribution in [2.75, 3.05) is 19.6 Å². The highest BCUT2D eigenvalue weighted by molar-refractivity contribution is 5.93. The number of alkyl carbamates (subject to hydrolysis) is 1. The molecule has 0 fully saturated rings. The molecule has 4 aromatic rings. The van der Waals surface area contributed by atoms with Crippen molar-refractivity contribution < 1.29 is 47.7 Å². The minimum atomic E-state index is -1.30. The van der Waals surface area contributed by atoms with Crippen LogP contribution < -0.4 is 16.4 Å². The van der Waals surface area contributed by atoms with Crippen LogP contribution in [0, 0.1) is 0 Å². The second-order valence-electron chi connectivity index (χ2n) is 14.6. The Balaban J connectivity index is 1.52. The van der Waals surface area contributed by atoms with E-state index in [-0.39, 0.29) is 51.4 Å². The van der Waals surface area contributed by atoms with Crippen LogP contribution in [0.4, 0.5) is 14.4 Å². The van der Waals surface area contributed by atoms with Gasteiger partial charge in [-0.25, -0.2) is 28.7 Å². The molecule has 0 saturated heterocycles. The van der Waals surface area contributed by atoms with Gasteiger partial charge in [0, 0.05) is 25.7 Å². The van der Waals surface area contributed by atoms with Crippen LogP contribution in [0.3, 0.4) is 0 Å². The van der Waals surface area contributed by atoms with Gasteiger partial charge in [-0.15, -0.1) is 0 Å². The Bertz CT molecular complexity index is 1980. The maximum atomic E-state index is 14.7. The summed E-state index contributed by atoms with van der Waals surface area (Å²) in [6, 6.07) is 24.6. The van der Waals surface area contributed by atoms with Crippen LogP contribution in [0.5, 0.6) is 0 Å². The lowest BCUT2D eigenvalue weighted by Gasteiger charge is -2.33. The van der Waals surface area contributed by atoms with Gasteiger partial charge in [-0.2, -0.15) is 0 Å². The quantitative estimate of drug-likeness (QED) is 0.0279. The molecular weight excluding hydrogens is 797 g/mol. The number of rotatable bonds is 25. The van der Waals surface area contributed by atoms with Gasteiger partial charge < -0.3 is 40.2 Å². The van der Waals surface area contributed by atoms with Gasteiger partial charge in [-0.1, -0.05) is 130 Å². The van der Waals surface area contributed by atoms with Crippen molar-refractivity contribution in [3.63, 3.8) is 0 Å². The standard InChI is InChI=1S/C46H58N6O10/c1-2-3-4-5-6-18-27-52(42(54)39(50-41(53)29-47)28-38-30-51(34-49-38)45(57)60-32-36-21-12-8-13-22-36)40(43(55)62-46(58)61-33-37-23-14-9-15-24-37)25-16-17-26-48-44(56)59-31-35-19-10-7-11-20-35/h7-15,19-24,30,34,39-40H,2-6,16-18,25-29,31-33,47H2,1H3,(H,48,56)(H,50,53)/t39-,40-/m0/s1. The van der Waals surface area contributed by atoms with Crippen molar-refractivity contribution in [3.8, 4) is 0 Å². The van der Waals surface area contributed by atoms with E-state index < -0.39 is 54.8 Å². The number of esters is 1. The number of amides is 3. The highest BCUT2D eigenvalue weighted by atomic mass is 16.7. The third kappa shape index (κ3) is 17.6. The predicted octanol–water partition coefficient (Wildman–Crippen LogP) is 6.59. The first kappa shape index (κ1) is 48.1. The molecule has 0 bridgehead atoms. The summed E-state index contributed by atoms with van der Waals surface area (Å²) in [5.74, 6) is -2.31. The SMILES string of the molecule is CCCCCCCCN(C(=O)[C@H](Cc1cn(C(=O)OCc2ccccc2)cn1)NC(=O)CN)[C@@H](CCCCNC(=O)OCc1ccccc1)C(=O)OC(=O)OCc1ccccc1. The molecule has 3 aromatic carbocycles. The zero-order valence-electron chi connectivity index (χ0n) is 35.3. The van der Waals surface area contributed by atoms with Gasteiger partial charge in [-0.3, -0.25) is 9.59 Å². The minimum absolute atomic E-state index is 0.0277. The number of ether oxygens (including phenoxy) is 4. The van der Waals surface area contributed by atoms with Crippen molar-refractivity contribution in [2.24, 2.45) is 5.73 Å². The molecule has 332 valence electrons. The van der Waals surface area contributed by atoms with Gasteiger partial charge in [0.1, 0.15) is 38.2 Å². The number of unbranched alkanes of at least 4 members (excludes halogenated alkanes) is 6. The van der Waals surface area contributed by atoms with E-state index in [1.54, 1.807) is 24.3 Å². The summed E-state index contributed by atoms with van der Waals surface area (Å²) < 4.78 is 22.3. The van der Waals surface area contributed by atoms with E-state index in [4.69, 9.17) is 24.7 Å². The molecule has 0 aliphatic rings. The number of imidazole rings is 1. The zero-order valence-corrected chi connectivity index (χ0v) is 35.3. The van der Waals surface area contributed by atoms with Crippen molar-refractivity contribution >= 4 is 36.1 Å². The van der Waals surface area contributed by atoms with Gasteiger partial charge in [0.05, 0.1) is 12.2 Å². The number of carbonyl (C=O) groups is 6. The van der Waals surface area contributed by atoms with Crippen LogP contribution in [-0.2, 0) is 59.6 Å². The highest BCUT2D eigenvalue weighted by Crippen LogP contribution is 2.18. The first-order chi connectivity index (χ1) is 30.2. The third-order valence-corrected chi connectivity index (χ3v) is 9.74. The minimum Gasteiger partial charge on any atom is -0.445 e. The van der Waals surface area contributed by atoms with Crippen molar-refractivity contribution in [2.45, 2.75) is 103 Å². The summed E-state index contributed by atoms with van der Waals surface area (Å²) in [6.45, 7) is 1.94. The molecule has 0 unspecified atom stereocenters. The Morgan fingerprint density at radius 3 is 1.92 bits per heavy atom. The maximum Gasteiger partial charge on any atom is 0.516 e. The first-order valence-corrected chi connectivity index (χ1v) is 21.1. The number of nitrogens with two attached hydrogens (primary N) is 1. The Hall–Kier alpha value is -6.55. The Morgan fingerprint density at radius 2 is 1.31 bits per heavy atom. The molecule has 0 aliphatic heterocycles. The van der Waals surface area contributed by atoms with Crippen LogP contribution in [0.1, 0.15) is 87.1 Å². The topological polar surface area (TPSA) is 210 Å². The lowest BCUT2D eigenvalue weighted by Crippen LogP contribution is -2.56. The fourth-order valence-electron chi connectivity index (χ4n) is 6.43. The maximum absolute atomic E-state index is 14.7. The second-order valence-corrected chi connectivity index (χ2v) is 14.6. The van der Waals surface area contributed by atoms with Gasteiger partial charge in [0.15, 0.2) is 0 Å². The molecule has 0 aliphatic carbocycles. The molecule has 0 spiro atoms. The number of nitrogens with one attached hydrogen (secondary N) is 2. The summed E-state index contributed by atoms with van der Waals surface area (Å²) in [4.78, 5) is 85.3. The van der Waals surface area contributed by atoms with E-state index in [1.807, 2.05) is 66.7 Å². The van der Waals surface area contributed by atoms with Crippen molar-refractivity contribution in [1.29, 1.82) is 0 Å². The Kier molecular flexibility index (Phi) is 21.2. The summed E-state index contributed by atoms with van der Waals surface area (Å²) in [5, 5.41) is 5.36. The molecule has 0 radical (unpaired) electrons. The average molecular weight is 855 g/mol. The smallest absolute Gasteiger partial charge is 0.445 e. The normalized spacial score (nSPS) is 11.7. The zero-order chi connectivity index (χ0) is 44.4. The molecule has 4 rings (SSSR count). The number of aromatic nitrogens is 2. The number of nitrogens with zero attached hydrogens (tertiary/aromatic N) is 3. The van der Waals surface area contributed by atoms with Gasteiger partial charge in [-0.05, 0) is 42.4 Å². The molecule has 1 heterocycles. The molecule has 2 atom stereocenters. The second kappa shape index (κ2) is 27.3. The molecule has 16 heteroatoms. The third-order valence-electron chi connectivity index (χ3n) is 9.74. The first-order valence-electron chi connectivity index (χ1n) is 21.1. The summed E-state index contributed by atoms with van der Waals surface area (Å²) in [7, 11) is 0. The number of benzene rings is 3. The largest absolute Gasteiger partial charge is 0.516 e. The highest BCUT2D eigenvalue weighted by Gasteiger charge is 2.36. The molecule has 0 saturated carbocycles. The van der Waals surface area contributed by atoms with Crippen molar-refractivity contribution in [1.82, 2.24) is 25.1 Å². The van der Waals surface area contributed by atoms with Crippen LogP contribution >= 0.6 is 0 Å². The molecule has 4 N–H and O–H groups in total. The van der Waals surface area contributed by atoms with Gasteiger partial charge in [0.2, 0.25) is 11.8 Å². The summed E-state index contributed by atoms with van der Waals surface area (Å²) in [6.07, 6.45) is 5.88. The summed E-state index contributed by atoms with van der Waals surface area (Å²) >= 11 is 0. The van der Waals surface area contributed by atoms with E-state index in [2.05, 4.69) is 22.5 Å². The molecule has 1 aromatic heterocycles. The van der Waals surface area contributed by atoms with Crippen LogP contribution in [0.25, 0.3) is 0 Å². The lowest BCUT2D eigenvalue weighted by atomic mass is 10.0. The number of hydrogen-bond donors (Lipinski definition) is 3. The van der Waals surface area contributed by atoms with E-state index in [9.17, 15) is 28.8 Å². The monoisotopic (exact) mass is 854 g/mol. The van der Waals surface area contributed by atoms with E-state index >= 15 is 0 Å². The van der Waals surface area contributed by atoms with Crippen LogP contribution in [0.2, 0.25) is 0 Å². The fourth-order valence-corrected chi connectivity index (χ4v) is 6.43. The predicted molar refractivity (Wildman–Crippen MR) is 229 cm³/mol. The molecule has 3 amide bonds. The number of carbonyl (C=O) groups excluding carboxylic acids is 6. The molecule has 16 nitrogen and oxygen atoms in total. The summed E-state index contributed by atoms with van der Waals surface area (Å²) in [5.41, 5.74) is 8.23. The average Bonchev–Trinajstić information content (AvgIpc) is 3.77. The van der Waals surface area contributed by atoms with Crippen molar-refractivity contribution in [3.05, 3.63) is 126 Å². The van der Waals surface area contributed by atoms with Gasteiger partial charge in [0.25, 0.3) is 0 Å².